The molecule has 62 valence electrons. The minimum absolute atomic E-state index is 0.722. The highest BCUT2D eigenvalue weighted by molar-refractivity contribution is 14.1. The molecule has 0 saturated carbocycles. The van der Waals surface area contributed by atoms with E-state index in [1.807, 2.05) is 42.1 Å². The van der Waals surface area contributed by atoms with Crippen LogP contribution in [-0.4, -0.2) is 6.61 Å². The van der Waals surface area contributed by atoms with Crippen molar-refractivity contribution in [2.45, 2.75) is 13.3 Å². The van der Waals surface area contributed by atoms with Gasteiger partial charge in [-0.2, -0.15) is 0 Å². The van der Waals surface area contributed by atoms with Crippen LogP contribution in [0.25, 0.3) is 0 Å². The van der Waals surface area contributed by atoms with E-state index in [0.717, 1.165) is 24.2 Å². The first kappa shape index (κ1) is 10.9. The van der Waals surface area contributed by atoms with E-state index in [1.165, 1.54) is 0 Å². The summed E-state index contributed by atoms with van der Waals surface area (Å²) in [6.07, 6.45) is 4.81. The summed E-state index contributed by atoms with van der Waals surface area (Å²) in [5.41, 5.74) is 2.12. The predicted molar refractivity (Wildman–Crippen MR) is 57.7 cm³/mol. The summed E-state index contributed by atoms with van der Waals surface area (Å²) in [7, 11) is 0. The van der Waals surface area contributed by atoms with Crippen LogP contribution in [-0.2, 0) is 3.07 Å². The number of hydrogen-bond donors (Lipinski definition) is 0. The SMILES string of the molecule is C=C(C)/C=C\C(=C)CCOI. The van der Waals surface area contributed by atoms with E-state index in [-0.39, 0.29) is 0 Å². The third-order valence-corrected chi connectivity index (χ3v) is 1.54. The van der Waals surface area contributed by atoms with E-state index in [9.17, 15) is 0 Å². The molecule has 1 nitrogen and oxygen atoms in total. The molecule has 0 saturated heterocycles. The van der Waals surface area contributed by atoms with Crippen LogP contribution in [0.15, 0.2) is 36.5 Å². The van der Waals surface area contributed by atoms with Crippen molar-refractivity contribution in [3.63, 3.8) is 0 Å². The molecule has 0 atom stereocenters. The molecular weight excluding hydrogens is 251 g/mol. The van der Waals surface area contributed by atoms with Crippen LogP contribution in [0, 0.1) is 0 Å². The molecule has 2 heteroatoms. The lowest BCUT2D eigenvalue weighted by Crippen LogP contribution is -1.84. The molecule has 0 unspecified atom stereocenters. The molecule has 0 aliphatic rings. The number of halogens is 1. The topological polar surface area (TPSA) is 9.23 Å². The van der Waals surface area contributed by atoms with Gasteiger partial charge in [0.1, 0.15) is 23.0 Å². The third-order valence-electron chi connectivity index (χ3n) is 1.10. The molecule has 0 aliphatic heterocycles. The second kappa shape index (κ2) is 6.61. The van der Waals surface area contributed by atoms with Gasteiger partial charge in [0.15, 0.2) is 0 Å². The first-order chi connectivity index (χ1) is 5.16. The number of allylic oxidation sites excluding steroid dienone is 3. The second-order valence-electron chi connectivity index (χ2n) is 2.40. The van der Waals surface area contributed by atoms with E-state index in [0.29, 0.717) is 0 Å². The van der Waals surface area contributed by atoms with Crippen LogP contribution in [0.5, 0.6) is 0 Å². The maximum absolute atomic E-state index is 4.87. The lowest BCUT2D eigenvalue weighted by Gasteiger charge is -1.96. The van der Waals surface area contributed by atoms with E-state index in [1.54, 1.807) is 0 Å². The van der Waals surface area contributed by atoms with Gasteiger partial charge in [0.2, 0.25) is 0 Å². The normalized spacial score (nSPS) is 10.4. The van der Waals surface area contributed by atoms with E-state index < -0.39 is 0 Å². The fourth-order valence-corrected chi connectivity index (χ4v) is 0.733. The van der Waals surface area contributed by atoms with Gasteiger partial charge in [-0.15, -0.1) is 0 Å². The highest BCUT2D eigenvalue weighted by atomic mass is 127. The standard InChI is InChI=1S/C9H13IO/c1-8(2)4-5-9(3)6-7-11-10/h4-5H,1,3,6-7H2,2H3/b5-4-. The fourth-order valence-electron chi connectivity index (χ4n) is 0.513. The average Bonchev–Trinajstić information content (AvgIpc) is 1.97. The molecule has 11 heavy (non-hydrogen) atoms. The van der Waals surface area contributed by atoms with Crippen molar-refractivity contribution in [2.24, 2.45) is 0 Å². The zero-order valence-electron chi connectivity index (χ0n) is 6.77. The summed E-state index contributed by atoms with van der Waals surface area (Å²) in [5.74, 6) is 0. The van der Waals surface area contributed by atoms with Crippen molar-refractivity contribution < 1.29 is 3.07 Å². The first-order valence-corrected chi connectivity index (χ1v) is 4.30. The highest BCUT2D eigenvalue weighted by Gasteiger charge is 1.87. The maximum Gasteiger partial charge on any atom is 0.109 e. The summed E-state index contributed by atoms with van der Waals surface area (Å²) in [6.45, 7) is 10.3. The van der Waals surface area contributed by atoms with Crippen molar-refractivity contribution >= 4 is 23.0 Å². The van der Waals surface area contributed by atoms with Crippen LogP contribution < -0.4 is 0 Å². The van der Waals surface area contributed by atoms with Crippen LogP contribution in [0.4, 0.5) is 0 Å². The second-order valence-corrected chi connectivity index (χ2v) is 3.02. The minimum Gasteiger partial charge on any atom is -0.315 e. The Labute approximate surface area is 82.5 Å². The van der Waals surface area contributed by atoms with Crippen molar-refractivity contribution in [3.05, 3.63) is 36.5 Å². The van der Waals surface area contributed by atoms with Gasteiger partial charge in [-0.05, 0) is 13.3 Å². The lowest BCUT2D eigenvalue weighted by molar-refractivity contribution is 0.433. The van der Waals surface area contributed by atoms with Crippen molar-refractivity contribution in [1.82, 2.24) is 0 Å². The van der Waals surface area contributed by atoms with Gasteiger partial charge < -0.3 is 3.07 Å². The molecule has 0 aromatic rings. The molecule has 0 amide bonds. The summed E-state index contributed by atoms with van der Waals surface area (Å²) >= 11 is 1.88. The first-order valence-electron chi connectivity index (χ1n) is 3.41. The molecule has 0 fully saturated rings. The molecule has 0 rings (SSSR count). The molecule has 0 N–H and O–H groups in total. The maximum atomic E-state index is 4.87. The average molecular weight is 264 g/mol. The summed E-state index contributed by atoms with van der Waals surface area (Å²) in [5, 5.41) is 0. The number of hydrogen-bond acceptors (Lipinski definition) is 1. The minimum atomic E-state index is 0.722. The Hall–Kier alpha value is -0.0900. The zero-order valence-corrected chi connectivity index (χ0v) is 8.93. The molecular formula is C9H13IO. The van der Waals surface area contributed by atoms with Crippen LogP contribution in [0.3, 0.4) is 0 Å². The molecule has 0 bridgehead atoms. The smallest absolute Gasteiger partial charge is 0.109 e. The van der Waals surface area contributed by atoms with Gasteiger partial charge in [0, 0.05) is 0 Å². The third kappa shape index (κ3) is 7.81. The predicted octanol–water partition coefficient (Wildman–Crippen LogP) is 3.43. The lowest BCUT2D eigenvalue weighted by atomic mass is 10.2. The van der Waals surface area contributed by atoms with Crippen LogP contribution in [0.1, 0.15) is 13.3 Å². The van der Waals surface area contributed by atoms with Crippen molar-refractivity contribution in [1.29, 1.82) is 0 Å². The largest absolute Gasteiger partial charge is 0.315 e. The Morgan fingerprint density at radius 2 is 2.09 bits per heavy atom. The van der Waals surface area contributed by atoms with Gasteiger partial charge in [0.05, 0.1) is 6.61 Å². The molecule has 0 radical (unpaired) electrons. The molecule has 0 spiro atoms. The van der Waals surface area contributed by atoms with Crippen LogP contribution >= 0.6 is 23.0 Å². The Morgan fingerprint density at radius 3 is 2.55 bits per heavy atom. The Balaban J connectivity index is 3.60. The van der Waals surface area contributed by atoms with Crippen molar-refractivity contribution in [2.75, 3.05) is 6.61 Å². The monoisotopic (exact) mass is 264 g/mol. The summed E-state index contributed by atoms with van der Waals surface area (Å²) in [4.78, 5) is 0. The Kier molecular flexibility index (Phi) is 6.56. The van der Waals surface area contributed by atoms with Crippen molar-refractivity contribution in [3.8, 4) is 0 Å². The molecule has 0 aromatic carbocycles. The van der Waals surface area contributed by atoms with Gasteiger partial charge in [-0.1, -0.05) is 36.5 Å². The van der Waals surface area contributed by atoms with Gasteiger partial charge in [-0.25, -0.2) is 0 Å². The Bertz CT molecular complexity index is 170. The van der Waals surface area contributed by atoms with E-state index in [4.69, 9.17) is 3.07 Å². The molecule has 0 aromatic heterocycles. The zero-order chi connectivity index (χ0) is 8.69. The summed E-state index contributed by atoms with van der Waals surface area (Å²) in [6, 6.07) is 0. The highest BCUT2D eigenvalue weighted by Crippen LogP contribution is 2.03. The Morgan fingerprint density at radius 1 is 1.45 bits per heavy atom. The molecule has 0 heterocycles. The quantitative estimate of drug-likeness (QED) is 0.546. The van der Waals surface area contributed by atoms with Crippen LogP contribution in [0.2, 0.25) is 0 Å². The van der Waals surface area contributed by atoms with E-state index in [2.05, 4.69) is 13.2 Å². The van der Waals surface area contributed by atoms with E-state index >= 15 is 0 Å². The molecule has 0 aliphatic carbocycles. The fraction of sp³-hybridized carbons (Fsp3) is 0.333. The van der Waals surface area contributed by atoms with Gasteiger partial charge in [0.25, 0.3) is 0 Å². The summed E-state index contributed by atoms with van der Waals surface area (Å²) < 4.78 is 4.87. The number of rotatable bonds is 5. The van der Waals surface area contributed by atoms with Gasteiger partial charge in [-0.3, -0.25) is 0 Å². The van der Waals surface area contributed by atoms with Gasteiger partial charge >= 0.3 is 0 Å².